The van der Waals surface area contributed by atoms with Crippen molar-refractivity contribution >= 4 is 10.0 Å². The number of rotatable bonds is 6. The summed E-state index contributed by atoms with van der Waals surface area (Å²) in [6.45, 7) is 4.29. The summed E-state index contributed by atoms with van der Waals surface area (Å²) in [5, 5.41) is 0. The number of aryl methyl sites for hydroxylation is 1. The fourth-order valence-electron chi connectivity index (χ4n) is 2.19. The summed E-state index contributed by atoms with van der Waals surface area (Å²) in [6, 6.07) is 14.5. The number of nitrogens with one attached hydrogen (secondary N) is 1. The monoisotopic (exact) mass is 341 g/mol. The highest BCUT2D eigenvalue weighted by Gasteiger charge is 2.13. The van der Waals surface area contributed by atoms with Gasteiger partial charge in [0.05, 0.1) is 4.90 Å². The van der Waals surface area contributed by atoms with Crippen LogP contribution in [0.4, 0.5) is 0 Å². The fraction of sp³-hybridized carbons (Fsp3) is 0.300. The Kier molecular flexibility index (Phi) is 6.60. The Hall–Kier alpha value is -2.09. The Bertz CT molecular complexity index is 828. The molecular formula is C20H23NO2S. The average Bonchev–Trinajstić information content (AvgIpc) is 2.58. The fourth-order valence-corrected chi connectivity index (χ4v) is 3.20. The molecule has 0 saturated carbocycles. The van der Waals surface area contributed by atoms with Gasteiger partial charge in [0, 0.05) is 18.5 Å². The summed E-state index contributed by atoms with van der Waals surface area (Å²) < 4.78 is 27.4. The van der Waals surface area contributed by atoms with Gasteiger partial charge < -0.3 is 0 Å². The molecule has 2 aromatic rings. The van der Waals surface area contributed by atoms with E-state index in [1.54, 1.807) is 24.3 Å². The molecule has 0 unspecified atom stereocenters. The molecule has 0 atom stereocenters. The smallest absolute Gasteiger partial charge is 0.207 e. The first-order valence-corrected chi connectivity index (χ1v) is 9.64. The summed E-state index contributed by atoms with van der Waals surface area (Å²) in [5.41, 5.74) is 2.79. The van der Waals surface area contributed by atoms with Gasteiger partial charge in [0.25, 0.3) is 0 Å². The molecule has 0 heterocycles. The largest absolute Gasteiger partial charge is 0.240 e. The van der Waals surface area contributed by atoms with E-state index in [9.17, 15) is 8.42 Å². The van der Waals surface area contributed by atoms with Crippen LogP contribution in [0.15, 0.2) is 53.4 Å². The van der Waals surface area contributed by atoms with Gasteiger partial charge >= 0.3 is 0 Å². The van der Waals surface area contributed by atoms with E-state index in [4.69, 9.17) is 0 Å². The second-order valence-electron chi connectivity index (χ2n) is 5.70. The van der Waals surface area contributed by atoms with Crippen molar-refractivity contribution in [1.29, 1.82) is 0 Å². The first-order chi connectivity index (χ1) is 11.5. The highest BCUT2D eigenvalue weighted by Crippen LogP contribution is 2.12. The minimum atomic E-state index is -3.52. The van der Waals surface area contributed by atoms with Gasteiger partial charge in [0.1, 0.15) is 0 Å². The predicted molar refractivity (Wildman–Crippen MR) is 98.0 cm³/mol. The quantitative estimate of drug-likeness (QED) is 0.637. The van der Waals surface area contributed by atoms with Gasteiger partial charge in [-0.2, -0.15) is 0 Å². The normalized spacial score (nSPS) is 10.9. The van der Waals surface area contributed by atoms with Gasteiger partial charge in [-0.05, 0) is 37.1 Å². The Morgan fingerprint density at radius 1 is 1.04 bits per heavy atom. The van der Waals surface area contributed by atoms with Gasteiger partial charge in [-0.3, -0.25) is 0 Å². The summed E-state index contributed by atoms with van der Waals surface area (Å²) in [4.78, 5) is 0.277. The number of benzene rings is 2. The third-order valence-corrected chi connectivity index (χ3v) is 5.10. The highest BCUT2D eigenvalue weighted by molar-refractivity contribution is 7.89. The first-order valence-electron chi connectivity index (χ1n) is 8.16. The zero-order valence-corrected chi connectivity index (χ0v) is 15.0. The summed E-state index contributed by atoms with van der Waals surface area (Å²) in [6.07, 6.45) is 3.06. The molecule has 1 N–H and O–H groups in total. The van der Waals surface area contributed by atoms with Crippen molar-refractivity contribution in [2.45, 2.75) is 44.6 Å². The van der Waals surface area contributed by atoms with E-state index in [0.717, 1.165) is 36.0 Å². The molecule has 0 amide bonds. The maximum Gasteiger partial charge on any atom is 0.240 e. The van der Waals surface area contributed by atoms with Crippen LogP contribution < -0.4 is 4.72 Å². The molecule has 0 bridgehead atoms. The molecule has 0 aliphatic carbocycles. The van der Waals surface area contributed by atoms with Crippen molar-refractivity contribution < 1.29 is 8.42 Å². The van der Waals surface area contributed by atoms with Crippen LogP contribution in [0.5, 0.6) is 0 Å². The van der Waals surface area contributed by atoms with Crippen LogP contribution in [0.25, 0.3) is 0 Å². The predicted octanol–water partition coefficient (Wildman–Crippen LogP) is 4.02. The maximum absolute atomic E-state index is 12.4. The molecular weight excluding hydrogens is 318 g/mol. The van der Waals surface area contributed by atoms with Crippen LogP contribution >= 0.6 is 0 Å². The highest BCUT2D eigenvalue weighted by atomic mass is 32.2. The number of hydrogen-bond acceptors (Lipinski definition) is 2. The number of unbranched alkanes of at least 4 members (excludes halogenated alkanes) is 2. The molecule has 0 aliphatic heterocycles. The Morgan fingerprint density at radius 3 is 2.46 bits per heavy atom. The first kappa shape index (κ1) is 18.3. The van der Waals surface area contributed by atoms with Crippen molar-refractivity contribution in [2.24, 2.45) is 0 Å². The van der Waals surface area contributed by atoms with E-state index in [1.807, 2.05) is 31.2 Å². The number of sulfonamides is 1. The van der Waals surface area contributed by atoms with Crippen LogP contribution in [0.2, 0.25) is 0 Å². The van der Waals surface area contributed by atoms with Crippen LogP contribution in [0, 0.1) is 18.8 Å². The Labute approximate surface area is 145 Å². The van der Waals surface area contributed by atoms with Crippen LogP contribution in [0.1, 0.15) is 42.9 Å². The third-order valence-electron chi connectivity index (χ3n) is 3.68. The molecule has 2 rings (SSSR count). The number of hydrogen-bond donors (Lipinski definition) is 1. The van der Waals surface area contributed by atoms with E-state index in [1.165, 1.54) is 0 Å². The molecule has 0 fully saturated rings. The molecule has 126 valence electrons. The standard InChI is InChI=1S/C20H23NO2S/c1-3-4-5-6-9-18-10-7-8-11-19(18)16-21-24(22,23)20-14-12-17(2)13-15-20/h7-8,10-15,21H,3-5,16H2,1-2H3. The molecule has 0 aromatic heterocycles. The summed E-state index contributed by atoms with van der Waals surface area (Å²) in [7, 11) is -3.52. The lowest BCUT2D eigenvalue weighted by Gasteiger charge is -2.08. The summed E-state index contributed by atoms with van der Waals surface area (Å²) in [5.74, 6) is 6.30. The summed E-state index contributed by atoms with van der Waals surface area (Å²) >= 11 is 0. The van der Waals surface area contributed by atoms with E-state index in [0.29, 0.717) is 0 Å². The molecule has 0 saturated heterocycles. The van der Waals surface area contributed by atoms with Crippen LogP contribution in [-0.2, 0) is 16.6 Å². The van der Waals surface area contributed by atoms with Crippen LogP contribution in [-0.4, -0.2) is 8.42 Å². The zero-order valence-electron chi connectivity index (χ0n) is 14.2. The molecule has 4 heteroatoms. The third kappa shape index (κ3) is 5.23. The minimum absolute atomic E-state index is 0.231. The van der Waals surface area contributed by atoms with Crippen molar-refractivity contribution in [3.8, 4) is 11.8 Å². The van der Waals surface area contributed by atoms with E-state index >= 15 is 0 Å². The molecule has 2 aromatic carbocycles. The second kappa shape index (κ2) is 8.68. The van der Waals surface area contributed by atoms with Gasteiger partial charge in [-0.15, -0.1) is 0 Å². The van der Waals surface area contributed by atoms with Crippen molar-refractivity contribution in [3.05, 3.63) is 65.2 Å². The lowest BCUT2D eigenvalue weighted by molar-refractivity contribution is 0.581. The SMILES string of the molecule is CCCCC#Cc1ccccc1CNS(=O)(=O)c1ccc(C)cc1. The molecule has 0 radical (unpaired) electrons. The second-order valence-corrected chi connectivity index (χ2v) is 7.47. The van der Waals surface area contributed by atoms with Gasteiger partial charge in [0.15, 0.2) is 0 Å². The zero-order chi connectivity index (χ0) is 17.4. The molecule has 3 nitrogen and oxygen atoms in total. The Balaban J connectivity index is 2.11. The molecule has 0 aliphatic rings. The lowest BCUT2D eigenvalue weighted by Crippen LogP contribution is -2.23. The topological polar surface area (TPSA) is 46.2 Å². The maximum atomic E-state index is 12.4. The van der Waals surface area contributed by atoms with Crippen LogP contribution in [0.3, 0.4) is 0 Å². The van der Waals surface area contributed by atoms with Gasteiger partial charge in [0.2, 0.25) is 10.0 Å². The van der Waals surface area contributed by atoms with E-state index in [-0.39, 0.29) is 11.4 Å². The minimum Gasteiger partial charge on any atom is -0.207 e. The Morgan fingerprint density at radius 2 is 1.75 bits per heavy atom. The lowest BCUT2D eigenvalue weighted by atomic mass is 10.1. The van der Waals surface area contributed by atoms with E-state index in [2.05, 4.69) is 23.5 Å². The van der Waals surface area contributed by atoms with Crippen molar-refractivity contribution in [3.63, 3.8) is 0 Å². The molecule has 24 heavy (non-hydrogen) atoms. The van der Waals surface area contributed by atoms with Crippen molar-refractivity contribution in [1.82, 2.24) is 4.72 Å². The van der Waals surface area contributed by atoms with Gasteiger partial charge in [-0.1, -0.05) is 61.1 Å². The molecule has 0 spiro atoms. The van der Waals surface area contributed by atoms with Crippen molar-refractivity contribution in [2.75, 3.05) is 0 Å². The van der Waals surface area contributed by atoms with Gasteiger partial charge in [-0.25, -0.2) is 13.1 Å². The average molecular weight is 341 g/mol. The van der Waals surface area contributed by atoms with E-state index < -0.39 is 10.0 Å².